The van der Waals surface area contributed by atoms with Crippen LogP contribution in [0.4, 0.5) is 4.79 Å². The van der Waals surface area contributed by atoms with E-state index in [0.29, 0.717) is 6.54 Å². The highest BCUT2D eigenvalue weighted by atomic mass is 16.6. The molecule has 0 aliphatic carbocycles. The third kappa shape index (κ3) is 10.2. The van der Waals surface area contributed by atoms with Gasteiger partial charge in [-0.15, -0.1) is 0 Å². The third-order valence-corrected chi connectivity index (χ3v) is 3.88. The van der Waals surface area contributed by atoms with Crippen LogP contribution < -0.4 is 16.0 Å². The second kappa shape index (κ2) is 11.2. The van der Waals surface area contributed by atoms with Gasteiger partial charge in [-0.2, -0.15) is 0 Å². The molecule has 0 aromatic rings. The third-order valence-electron chi connectivity index (χ3n) is 3.88. The van der Waals surface area contributed by atoms with E-state index >= 15 is 0 Å². The molecule has 1 fully saturated rings. The van der Waals surface area contributed by atoms with Gasteiger partial charge < -0.3 is 25.4 Å². The molecule has 2 atom stereocenters. The van der Waals surface area contributed by atoms with Crippen molar-refractivity contribution in [3.8, 4) is 0 Å². The van der Waals surface area contributed by atoms with E-state index in [2.05, 4.69) is 27.9 Å². The van der Waals surface area contributed by atoms with E-state index in [1.54, 1.807) is 7.05 Å². The summed E-state index contributed by atoms with van der Waals surface area (Å²) in [6.07, 6.45) is 5.21. The van der Waals surface area contributed by atoms with Crippen LogP contribution in [0.1, 0.15) is 59.8 Å². The Bertz CT molecular complexity index is 415. The van der Waals surface area contributed by atoms with Gasteiger partial charge in [-0.1, -0.05) is 19.8 Å². The van der Waals surface area contributed by atoms with Crippen molar-refractivity contribution in [2.24, 2.45) is 4.99 Å². The lowest BCUT2D eigenvalue weighted by atomic mass is 10.1. The highest BCUT2D eigenvalue weighted by Gasteiger charge is 2.19. The quantitative estimate of drug-likeness (QED) is 0.459. The summed E-state index contributed by atoms with van der Waals surface area (Å²) in [6.45, 7) is 9.82. The van der Waals surface area contributed by atoms with Crippen LogP contribution in [-0.2, 0) is 9.47 Å². The Hall–Kier alpha value is -1.50. The van der Waals surface area contributed by atoms with E-state index in [1.807, 2.05) is 20.8 Å². The van der Waals surface area contributed by atoms with Crippen molar-refractivity contribution < 1.29 is 14.3 Å². The van der Waals surface area contributed by atoms with Crippen molar-refractivity contribution in [2.45, 2.75) is 77.5 Å². The first-order chi connectivity index (χ1) is 11.8. The van der Waals surface area contributed by atoms with E-state index in [1.165, 1.54) is 0 Å². The first-order valence-electron chi connectivity index (χ1n) is 9.39. The van der Waals surface area contributed by atoms with Gasteiger partial charge in [-0.05, 0) is 40.0 Å². The summed E-state index contributed by atoms with van der Waals surface area (Å²) in [4.78, 5) is 16.1. The number of nitrogens with zero attached hydrogens (tertiary/aromatic N) is 1. The van der Waals surface area contributed by atoms with Crippen LogP contribution in [0.3, 0.4) is 0 Å². The monoisotopic (exact) mass is 356 g/mol. The summed E-state index contributed by atoms with van der Waals surface area (Å²) < 4.78 is 10.9. The minimum atomic E-state index is -0.491. The van der Waals surface area contributed by atoms with Crippen LogP contribution >= 0.6 is 0 Å². The van der Waals surface area contributed by atoms with Gasteiger partial charge in [0.25, 0.3) is 0 Å². The molecule has 3 N–H and O–H groups in total. The van der Waals surface area contributed by atoms with Crippen molar-refractivity contribution in [2.75, 3.05) is 26.7 Å². The highest BCUT2D eigenvalue weighted by Crippen LogP contribution is 2.10. The number of hydrogen-bond acceptors (Lipinski definition) is 4. The highest BCUT2D eigenvalue weighted by molar-refractivity contribution is 5.80. The van der Waals surface area contributed by atoms with E-state index in [0.717, 1.165) is 51.2 Å². The lowest BCUT2D eigenvalue weighted by Gasteiger charge is -2.24. The normalized spacial score (nSPS) is 19.4. The van der Waals surface area contributed by atoms with Gasteiger partial charge in [0.05, 0.1) is 6.10 Å². The molecule has 1 heterocycles. The Morgan fingerprint density at radius 1 is 1.36 bits per heavy atom. The molecule has 1 aliphatic heterocycles. The lowest BCUT2D eigenvalue weighted by molar-refractivity contribution is 0.0523. The maximum Gasteiger partial charge on any atom is 0.407 e. The van der Waals surface area contributed by atoms with Crippen molar-refractivity contribution in [3.05, 3.63) is 0 Å². The summed E-state index contributed by atoms with van der Waals surface area (Å²) in [7, 11) is 1.75. The molecule has 1 amide bonds. The van der Waals surface area contributed by atoms with Crippen LogP contribution in [0.5, 0.6) is 0 Å². The number of guanidine groups is 1. The zero-order valence-electron chi connectivity index (χ0n) is 16.5. The lowest BCUT2D eigenvalue weighted by Crippen LogP contribution is -2.50. The average Bonchev–Trinajstić information content (AvgIpc) is 3.05. The Morgan fingerprint density at radius 3 is 2.68 bits per heavy atom. The van der Waals surface area contributed by atoms with Gasteiger partial charge in [0.2, 0.25) is 0 Å². The zero-order chi connectivity index (χ0) is 18.7. The fourth-order valence-electron chi connectivity index (χ4n) is 2.60. The van der Waals surface area contributed by atoms with Crippen LogP contribution in [0.25, 0.3) is 0 Å². The van der Waals surface area contributed by atoms with E-state index in [9.17, 15) is 4.79 Å². The predicted octanol–water partition coefficient (Wildman–Crippen LogP) is 2.41. The van der Waals surface area contributed by atoms with E-state index in [4.69, 9.17) is 9.47 Å². The molecule has 1 aliphatic rings. The molecule has 1 saturated heterocycles. The molecule has 7 heteroatoms. The number of unbranched alkanes of at least 4 members (excludes halogenated alkanes) is 1. The Kier molecular flexibility index (Phi) is 9.63. The number of carbonyl (C=O) groups excluding carboxylic acids is 1. The standard InChI is InChI=1S/C18H36N4O3/c1-6-7-9-14(12-21-17(23)25-18(2,3)4)22-16(19-5)20-13-15-10-8-11-24-15/h14-15H,6-13H2,1-5H3,(H,21,23)(H2,19,20,22). The number of nitrogens with one attached hydrogen (secondary N) is 3. The van der Waals surface area contributed by atoms with Crippen LogP contribution in [0.15, 0.2) is 4.99 Å². The number of alkyl carbamates (subject to hydrolysis) is 1. The topological polar surface area (TPSA) is 84.0 Å². The Morgan fingerprint density at radius 2 is 2.12 bits per heavy atom. The zero-order valence-corrected chi connectivity index (χ0v) is 16.5. The summed E-state index contributed by atoms with van der Waals surface area (Å²) in [5.74, 6) is 0.739. The van der Waals surface area contributed by atoms with Gasteiger partial charge in [-0.25, -0.2) is 4.79 Å². The SMILES string of the molecule is CCCCC(CNC(=O)OC(C)(C)C)NC(=NC)NCC1CCCO1. The summed E-state index contributed by atoms with van der Waals surface area (Å²) in [5.41, 5.74) is -0.491. The molecule has 146 valence electrons. The van der Waals surface area contributed by atoms with E-state index < -0.39 is 11.7 Å². The van der Waals surface area contributed by atoms with Crippen molar-refractivity contribution in [3.63, 3.8) is 0 Å². The van der Waals surface area contributed by atoms with Crippen LogP contribution in [0, 0.1) is 0 Å². The number of amides is 1. The van der Waals surface area contributed by atoms with Gasteiger partial charge in [-0.3, -0.25) is 4.99 Å². The predicted molar refractivity (Wildman–Crippen MR) is 101 cm³/mol. The van der Waals surface area contributed by atoms with Crippen LogP contribution in [-0.4, -0.2) is 56.5 Å². The molecule has 25 heavy (non-hydrogen) atoms. The molecule has 0 radical (unpaired) electrons. The Balaban J connectivity index is 2.44. The second-order valence-electron chi connectivity index (χ2n) is 7.45. The average molecular weight is 357 g/mol. The number of hydrogen-bond donors (Lipinski definition) is 3. The first-order valence-corrected chi connectivity index (χ1v) is 9.39. The minimum absolute atomic E-state index is 0.100. The molecule has 0 spiro atoms. The van der Waals surface area contributed by atoms with Crippen molar-refractivity contribution >= 4 is 12.1 Å². The maximum atomic E-state index is 11.9. The number of rotatable bonds is 8. The number of aliphatic imine (C=N–C) groups is 1. The fourth-order valence-corrected chi connectivity index (χ4v) is 2.60. The van der Waals surface area contributed by atoms with Crippen LogP contribution in [0.2, 0.25) is 0 Å². The molecular formula is C18H36N4O3. The first kappa shape index (κ1) is 21.5. The second-order valence-corrected chi connectivity index (χ2v) is 7.45. The summed E-state index contributed by atoms with van der Waals surface area (Å²) >= 11 is 0. The van der Waals surface area contributed by atoms with E-state index in [-0.39, 0.29) is 12.1 Å². The molecule has 0 saturated carbocycles. The molecule has 0 bridgehead atoms. The van der Waals surface area contributed by atoms with Gasteiger partial charge >= 0.3 is 6.09 Å². The largest absolute Gasteiger partial charge is 0.444 e. The molecular weight excluding hydrogens is 320 g/mol. The minimum Gasteiger partial charge on any atom is -0.444 e. The molecule has 2 unspecified atom stereocenters. The smallest absolute Gasteiger partial charge is 0.407 e. The van der Waals surface area contributed by atoms with Gasteiger partial charge in [0.1, 0.15) is 5.60 Å². The Labute approximate surface area is 152 Å². The summed E-state index contributed by atoms with van der Waals surface area (Å²) in [6, 6.07) is 0.100. The van der Waals surface area contributed by atoms with Crippen molar-refractivity contribution in [1.29, 1.82) is 0 Å². The van der Waals surface area contributed by atoms with Gasteiger partial charge in [0, 0.05) is 32.8 Å². The fraction of sp³-hybridized carbons (Fsp3) is 0.889. The maximum absolute atomic E-state index is 11.9. The summed E-state index contributed by atoms with van der Waals surface area (Å²) in [5, 5.41) is 9.55. The van der Waals surface area contributed by atoms with Crippen molar-refractivity contribution in [1.82, 2.24) is 16.0 Å². The number of carbonyl (C=O) groups is 1. The molecule has 7 nitrogen and oxygen atoms in total. The molecule has 0 aromatic carbocycles. The molecule has 0 aromatic heterocycles. The number of ether oxygens (including phenoxy) is 2. The molecule has 1 rings (SSSR count). The van der Waals surface area contributed by atoms with Gasteiger partial charge in [0.15, 0.2) is 5.96 Å².